The number of nitrogens with zero attached hydrogens (tertiary/aromatic N) is 1. The number of quaternary nitrogens is 1. The van der Waals surface area contributed by atoms with Gasteiger partial charge >= 0.3 is 0 Å². The molecule has 0 saturated heterocycles. The third-order valence-electron chi connectivity index (χ3n) is 4.69. The summed E-state index contributed by atoms with van der Waals surface area (Å²) in [6, 6.07) is 13.6. The normalized spacial score (nSPS) is 12.4. The topological polar surface area (TPSA) is 68.7 Å². The Hall–Kier alpha value is -3.12. The molecule has 0 saturated carbocycles. The Bertz CT molecular complexity index is 1010. The molecule has 3 rings (SSSR count). The number of hydrogen-bond acceptors (Lipinski definition) is 4. The van der Waals surface area contributed by atoms with Crippen molar-refractivity contribution in [2.75, 3.05) is 27.3 Å². The highest BCUT2D eigenvalue weighted by molar-refractivity contribution is 5.81. The number of aromatic amines is 1. The summed E-state index contributed by atoms with van der Waals surface area (Å²) in [6.45, 7) is 4.53. The maximum Gasteiger partial charge on any atom is 0.259 e. The number of aromatic nitrogens is 2. The summed E-state index contributed by atoms with van der Waals surface area (Å²) >= 11 is 0. The first-order valence-corrected chi connectivity index (χ1v) is 9.34. The quantitative estimate of drug-likeness (QED) is 0.628. The molecular weight excluding hydrogens is 354 g/mol. The predicted octanol–water partition coefficient (Wildman–Crippen LogP) is 2.06. The number of rotatable bonds is 8. The summed E-state index contributed by atoms with van der Waals surface area (Å²) in [5.41, 5.74) is 1.61. The summed E-state index contributed by atoms with van der Waals surface area (Å²) < 4.78 is 10.6. The Balaban J connectivity index is 1.80. The monoisotopic (exact) mass is 380 g/mol. The molecule has 0 aliphatic rings. The third kappa shape index (κ3) is 4.58. The molecular formula is C22H26N3O3+. The van der Waals surface area contributed by atoms with E-state index in [0.717, 1.165) is 13.1 Å². The fourth-order valence-corrected chi connectivity index (χ4v) is 3.10. The van der Waals surface area contributed by atoms with Gasteiger partial charge in [0.25, 0.3) is 5.56 Å². The van der Waals surface area contributed by atoms with E-state index >= 15 is 0 Å². The van der Waals surface area contributed by atoms with Crippen molar-refractivity contribution in [2.45, 2.75) is 13.5 Å². The largest absolute Gasteiger partial charge is 0.493 e. The number of fused-ring (bicyclic) bond motifs is 1. The molecule has 0 spiro atoms. The lowest BCUT2D eigenvalue weighted by Gasteiger charge is -2.15. The van der Waals surface area contributed by atoms with Crippen molar-refractivity contribution in [1.82, 2.24) is 9.97 Å². The van der Waals surface area contributed by atoms with Crippen molar-refractivity contribution in [2.24, 2.45) is 0 Å². The van der Waals surface area contributed by atoms with Crippen LogP contribution in [0.1, 0.15) is 18.3 Å². The molecule has 0 bridgehead atoms. The van der Waals surface area contributed by atoms with Crippen molar-refractivity contribution in [3.05, 3.63) is 70.3 Å². The Morgan fingerprint density at radius 2 is 1.82 bits per heavy atom. The van der Waals surface area contributed by atoms with Crippen LogP contribution < -0.4 is 19.9 Å². The molecule has 6 heteroatoms. The molecule has 0 aliphatic heterocycles. The number of methoxy groups -OCH3 is 2. The van der Waals surface area contributed by atoms with Crippen LogP contribution in [0.25, 0.3) is 17.0 Å². The lowest BCUT2D eigenvalue weighted by molar-refractivity contribution is -0.906. The van der Waals surface area contributed by atoms with Crippen LogP contribution in [0.5, 0.6) is 11.5 Å². The molecule has 1 heterocycles. The second kappa shape index (κ2) is 9.19. The molecule has 28 heavy (non-hydrogen) atoms. The van der Waals surface area contributed by atoms with Gasteiger partial charge in [0, 0.05) is 6.07 Å². The fraction of sp³-hybridized carbons (Fsp3) is 0.273. The zero-order chi connectivity index (χ0) is 19.9. The van der Waals surface area contributed by atoms with Crippen LogP contribution in [0.2, 0.25) is 0 Å². The molecule has 3 aromatic rings. The number of H-pyrrole nitrogens is 1. The van der Waals surface area contributed by atoms with E-state index in [2.05, 4.69) is 41.2 Å². The summed E-state index contributed by atoms with van der Waals surface area (Å²) in [5, 5.41) is 0.489. The molecule has 1 aromatic heterocycles. The molecule has 1 unspecified atom stereocenters. The van der Waals surface area contributed by atoms with E-state index in [1.54, 1.807) is 26.4 Å². The number of hydrogen-bond donors (Lipinski definition) is 2. The molecule has 2 N–H and O–H groups in total. The molecule has 1 atom stereocenters. The van der Waals surface area contributed by atoms with Crippen LogP contribution >= 0.6 is 0 Å². The van der Waals surface area contributed by atoms with Gasteiger partial charge < -0.3 is 19.4 Å². The van der Waals surface area contributed by atoms with Crippen molar-refractivity contribution in [3.63, 3.8) is 0 Å². The molecule has 0 fully saturated rings. The first-order valence-electron chi connectivity index (χ1n) is 9.34. The van der Waals surface area contributed by atoms with E-state index < -0.39 is 0 Å². The SMILES string of the molecule is CC[NH+](C/C=C/c1ccccc1)Cc1nc2cc(OC)c(OC)cc2c(=O)[nH]1. The maximum atomic E-state index is 12.5. The van der Waals surface area contributed by atoms with Gasteiger partial charge in [0.15, 0.2) is 17.3 Å². The van der Waals surface area contributed by atoms with Gasteiger partial charge in [0.1, 0.15) is 6.54 Å². The standard InChI is InChI=1S/C22H25N3O3/c1-4-25(12-8-11-16-9-6-5-7-10-16)15-21-23-18-14-20(28-3)19(27-2)13-17(18)22(26)24-21/h5-11,13-14H,4,12,15H2,1-3H3,(H,23,24,26)/p+1/b11-8+. The summed E-state index contributed by atoms with van der Waals surface area (Å²) in [5.74, 6) is 1.74. The van der Waals surface area contributed by atoms with Crippen molar-refractivity contribution >= 4 is 17.0 Å². The third-order valence-corrected chi connectivity index (χ3v) is 4.69. The Morgan fingerprint density at radius 3 is 2.50 bits per heavy atom. The van der Waals surface area contributed by atoms with E-state index in [-0.39, 0.29) is 5.56 Å². The van der Waals surface area contributed by atoms with E-state index in [1.165, 1.54) is 10.5 Å². The average molecular weight is 380 g/mol. The predicted molar refractivity (Wildman–Crippen MR) is 111 cm³/mol. The van der Waals surface area contributed by atoms with Gasteiger partial charge in [0.05, 0.1) is 38.2 Å². The van der Waals surface area contributed by atoms with E-state index in [4.69, 9.17) is 9.47 Å². The van der Waals surface area contributed by atoms with Crippen LogP contribution in [0.4, 0.5) is 0 Å². The summed E-state index contributed by atoms with van der Waals surface area (Å²) in [6.07, 6.45) is 4.27. The Labute approximate surface area is 164 Å². The summed E-state index contributed by atoms with van der Waals surface area (Å²) in [7, 11) is 3.12. The number of likely N-dealkylation sites (N-methyl/N-ethyl adjacent to an activating group) is 1. The van der Waals surface area contributed by atoms with Crippen LogP contribution in [0, 0.1) is 0 Å². The highest BCUT2D eigenvalue weighted by Gasteiger charge is 2.13. The molecule has 2 aromatic carbocycles. The molecule has 0 amide bonds. The van der Waals surface area contributed by atoms with Gasteiger partial charge in [-0.25, -0.2) is 4.98 Å². The first kappa shape index (κ1) is 19.6. The second-order valence-corrected chi connectivity index (χ2v) is 6.53. The molecule has 6 nitrogen and oxygen atoms in total. The van der Waals surface area contributed by atoms with Crippen LogP contribution in [0.15, 0.2) is 53.3 Å². The lowest BCUT2D eigenvalue weighted by atomic mass is 10.2. The van der Waals surface area contributed by atoms with Crippen LogP contribution in [-0.2, 0) is 6.54 Å². The first-order chi connectivity index (χ1) is 13.6. The smallest absolute Gasteiger partial charge is 0.259 e. The van der Waals surface area contributed by atoms with Gasteiger partial charge in [-0.15, -0.1) is 0 Å². The number of benzene rings is 2. The lowest BCUT2D eigenvalue weighted by Crippen LogP contribution is -3.10. The summed E-state index contributed by atoms with van der Waals surface area (Å²) in [4.78, 5) is 21.4. The van der Waals surface area contributed by atoms with Gasteiger partial charge in [0.2, 0.25) is 0 Å². The van der Waals surface area contributed by atoms with Gasteiger partial charge in [-0.2, -0.15) is 0 Å². The molecule has 146 valence electrons. The minimum atomic E-state index is -0.170. The average Bonchev–Trinajstić information content (AvgIpc) is 2.72. The van der Waals surface area contributed by atoms with Gasteiger partial charge in [-0.1, -0.05) is 36.4 Å². The van der Waals surface area contributed by atoms with E-state index in [9.17, 15) is 4.79 Å². The number of ether oxygens (including phenoxy) is 2. The molecule has 0 aliphatic carbocycles. The van der Waals surface area contributed by atoms with Crippen molar-refractivity contribution in [1.29, 1.82) is 0 Å². The van der Waals surface area contributed by atoms with Crippen molar-refractivity contribution in [3.8, 4) is 11.5 Å². The van der Waals surface area contributed by atoms with Gasteiger partial charge in [-0.05, 0) is 24.6 Å². The highest BCUT2D eigenvalue weighted by atomic mass is 16.5. The van der Waals surface area contributed by atoms with E-state index in [1.807, 2.05) is 18.2 Å². The van der Waals surface area contributed by atoms with Crippen molar-refractivity contribution < 1.29 is 14.4 Å². The minimum absolute atomic E-state index is 0.170. The zero-order valence-corrected chi connectivity index (χ0v) is 16.5. The highest BCUT2D eigenvalue weighted by Crippen LogP contribution is 2.29. The Kier molecular flexibility index (Phi) is 6.45. The Morgan fingerprint density at radius 1 is 1.11 bits per heavy atom. The minimum Gasteiger partial charge on any atom is -0.493 e. The second-order valence-electron chi connectivity index (χ2n) is 6.53. The van der Waals surface area contributed by atoms with Crippen LogP contribution in [-0.4, -0.2) is 37.3 Å². The zero-order valence-electron chi connectivity index (χ0n) is 16.5. The molecule has 0 radical (unpaired) electrons. The van der Waals surface area contributed by atoms with Crippen LogP contribution in [0.3, 0.4) is 0 Å². The maximum absolute atomic E-state index is 12.5. The fourth-order valence-electron chi connectivity index (χ4n) is 3.10. The van der Waals surface area contributed by atoms with E-state index in [0.29, 0.717) is 34.8 Å². The number of nitrogens with one attached hydrogen (secondary N) is 2. The van der Waals surface area contributed by atoms with Gasteiger partial charge in [-0.3, -0.25) is 4.79 Å².